The van der Waals surface area contributed by atoms with Crippen LogP contribution >= 0.6 is 0 Å². The normalized spacial score (nSPS) is 9.73. The Balaban J connectivity index is 3.29. The Labute approximate surface area is 61.8 Å². The van der Waals surface area contributed by atoms with E-state index in [0.29, 0.717) is 0 Å². The molecule has 5 heteroatoms. The summed E-state index contributed by atoms with van der Waals surface area (Å²) in [7, 11) is 1.15. The molecule has 0 saturated heterocycles. The molecule has 0 aliphatic carbocycles. The molecule has 3 nitrogen and oxygen atoms in total. The summed E-state index contributed by atoms with van der Waals surface area (Å²) in [6.07, 6.45) is 0.803. The fourth-order valence-electron chi connectivity index (χ4n) is 0.650. The lowest BCUT2D eigenvalue weighted by atomic mass is 10.4. The first kappa shape index (κ1) is 7.71. The smallest absolute Gasteiger partial charge is 0.210 e. The van der Waals surface area contributed by atoms with Crippen LogP contribution in [0.2, 0.25) is 0 Å². The van der Waals surface area contributed by atoms with Crippen molar-refractivity contribution in [3.05, 3.63) is 17.8 Å². The largest absolute Gasteiger partial charge is 0.491 e. The molecule has 2 N–H and O–H groups in total. The number of rotatable bonds is 1. The Morgan fingerprint density at radius 1 is 1.55 bits per heavy atom. The van der Waals surface area contributed by atoms with Crippen molar-refractivity contribution in [1.82, 2.24) is 4.98 Å². The molecule has 0 aliphatic rings. The van der Waals surface area contributed by atoms with E-state index in [2.05, 4.69) is 9.72 Å². The molecule has 1 heterocycles. The van der Waals surface area contributed by atoms with Crippen molar-refractivity contribution in [2.45, 2.75) is 0 Å². The predicted molar refractivity (Wildman–Crippen MR) is 35.1 cm³/mol. The molecule has 1 aromatic rings. The minimum Gasteiger partial charge on any atom is -0.491 e. The van der Waals surface area contributed by atoms with Gasteiger partial charge in [-0.15, -0.1) is 0 Å². The van der Waals surface area contributed by atoms with Crippen molar-refractivity contribution in [3.8, 4) is 5.75 Å². The molecule has 60 valence electrons. The first-order valence-corrected chi connectivity index (χ1v) is 2.80. The number of aromatic nitrogens is 1. The Bertz CT molecular complexity index is 278. The number of halogens is 2. The molecule has 1 aromatic heterocycles. The lowest BCUT2D eigenvalue weighted by Gasteiger charge is -2.03. The molecule has 0 spiro atoms. The number of nitrogens with zero attached hydrogens (tertiary/aromatic N) is 1. The summed E-state index contributed by atoms with van der Waals surface area (Å²) in [6, 6.07) is 0. The van der Waals surface area contributed by atoms with Crippen LogP contribution in [0.3, 0.4) is 0 Å². The van der Waals surface area contributed by atoms with E-state index in [9.17, 15) is 8.78 Å². The predicted octanol–water partition coefficient (Wildman–Crippen LogP) is 0.951. The second-order valence-electron chi connectivity index (χ2n) is 1.84. The lowest BCUT2D eigenvalue weighted by Crippen LogP contribution is -2.00. The molecular formula is C6H6F2N2O. The zero-order valence-electron chi connectivity index (χ0n) is 5.77. The maximum absolute atomic E-state index is 12.7. The van der Waals surface area contributed by atoms with E-state index in [1.54, 1.807) is 0 Å². The molecule has 0 fully saturated rings. The van der Waals surface area contributed by atoms with Gasteiger partial charge < -0.3 is 10.5 Å². The molecule has 0 aromatic carbocycles. The number of methoxy groups -OCH3 is 1. The zero-order valence-corrected chi connectivity index (χ0v) is 5.77. The highest BCUT2D eigenvalue weighted by molar-refractivity contribution is 5.39. The number of hydrogen-bond donors (Lipinski definition) is 1. The van der Waals surface area contributed by atoms with Crippen LogP contribution < -0.4 is 10.5 Å². The quantitative estimate of drug-likeness (QED) is 0.665. The van der Waals surface area contributed by atoms with Gasteiger partial charge in [0.05, 0.1) is 13.3 Å². The molecule has 0 bridgehead atoms. The molecule has 0 atom stereocenters. The van der Waals surface area contributed by atoms with E-state index in [0.717, 1.165) is 13.3 Å². The first-order valence-electron chi connectivity index (χ1n) is 2.80. The van der Waals surface area contributed by atoms with Crippen LogP contribution in [0.5, 0.6) is 5.75 Å². The third kappa shape index (κ3) is 1.21. The summed E-state index contributed by atoms with van der Waals surface area (Å²) in [6.45, 7) is 0. The van der Waals surface area contributed by atoms with Crippen molar-refractivity contribution in [3.63, 3.8) is 0 Å². The standard InChI is InChI=1S/C6H6F2N2O/c1-11-5-3(7)2-10-6(9)4(5)8/h2H,1H3,(H2,9,10). The van der Waals surface area contributed by atoms with Gasteiger partial charge in [0.1, 0.15) is 0 Å². The number of anilines is 1. The summed E-state index contributed by atoms with van der Waals surface area (Å²) in [5, 5.41) is 0. The Morgan fingerprint density at radius 2 is 2.18 bits per heavy atom. The lowest BCUT2D eigenvalue weighted by molar-refractivity contribution is 0.359. The molecule has 0 amide bonds. The highest BCUT2D eigenvalue weighted by atomic mass is 19.1. The van der Waals surface area contributed by atoms with Gasteiger partial charge in [-0.1, -0.05) is 0 Å². The highest BCUT2D eigenvalue weighted by Gasteiger charge is 2.12. The summed E-state index contributed by atoms with van der Waals surface area (Å²) in [4.78, 5) is 3.23. The summed E-state index contributed by atoms with van der Waals surface area (Å²) < 4.78 is 29.6. The second kappa shape index (κ2) is 2.69. The van der Waals surface area contributed by atoms with Gasteiger partial charge in [-0.2, -0.15) is 4.39 Å². The third-order valence-electron chi connectivity index (χ3n) is 1.16. The van der Waals surface area contributed by atoms with Gasteiger partial charge in [-0.25, -0.2) is 9.37 Å². The van der Waals surface area contributed by atoms with Crippen molar-refractivity contribution >= 4 is 5.82 Å². The fraction of sp³-hybridized carbons (Fsp3) is 0.167. The maximum atomic E-state index is 12.7. The Morgan fingerprint density at radius 3 is 2.64 bits per heavy atom. The SMILES string of the molecule is COc1c(F)cnc(N)c1F. The molecule has 11 heavy (non-hydrogen) atoms. The Kier molecular flexibility index (Phi) is 1.89. The highest BCUT2D eigenvalue weighted by Crippen LogP contribution is 2.22. The number of hydrogen-bond acceptors (Lipinski definition) is 3. The van der Waals surface area contributed by atoms with E-state index < -0.39 is 17.4 Å². The van der Waals surface area contributed by atoms with Crippen molar-refractivity contribution in [2.75, 3.05) is 12.8 Å². The van der Waals surface area contributed by atoms with E-state index in [1.165, 1.54) is 0 Å². The first-order chi connectivity index (χ1) is 5.16. The van der Waals surface area contributed by atoms with E-state index in [1.807, 2.05) is 0 Å². The number of nitrogen functional groups attached to an aromatic ring is 1. The van der Waals surface area contributed by atoms with Gasteiger partial charge in [0.25, 0.3) is 0 Å². The average Bonchev–Trinajstić information content (AvgIpc) is 1.99. The average molecular weight is 160 g/mol. The van der Waals surface area contributed by atoms with Crippen LogP contribution in [0.4, 0.5) is 14.6 Å². The monoisotopic (exact) mass is 160 g/mol. The van der Waals surface area contributed by atoms with Gasteiger partial charge in [0, 0.05) is 0 Å². The maximum Gasteiger partial charge on any atom is 0.210 e. The Hall–Kier alpha value is -1.39. The van der Waals surface area contributed by atoms with Gasteiger partial charge in [-0.05, 0) is 0 Å². The number of pyridine rings is 1. The van der Waals surface area contributed by atoms with Gasteiger partial charge in [0.15, 0.2) is 17.4 Å². The van der Waals surface area contributed by atoms with Crippen LogP contribution in [0.25, 0.3) is 0 Å². The molecule has 1 rings (SSSR count). The van der Waals surface area contributed by atoms with Crippen LogP contribution in [-0.2, 0) is 0 Å². The molecule has 0 unspecified atom stereocenters. The zero-order chi connectivity index (χ0) is 8.43. The van der Waals surface area contributed by atoms with Gasteiger partial charge in [-0.3, -0.25) is 0 Å². The minimum atomic E-state index is -0.965. The summed E-state index contributed by atoms with van der Waals surface area (Å²) >= 11 is 0. The fourth-order valence-corrected chi connectivity index (χ4v) is 0.650. The van der Waals surface area contributed by atoms with Gasteiger partial charge in [0.2, 0.25) is 5.82 Å². The van der Waals surface area contributed by atoms with Crippen molar-refractivity contribution < 1.29 is 13.5 Å². The van der Waals surface area contributed by atoms with Crippen LogP contribution in [0.1, 0.15) is 0 Å². The number of nitrogens with two attached hydrogens (primary N) is 1. The van der Waals surface area contributed by atoms with E-state index in [-0.39, 0.29) is 5.82 Å². The number of ether oxygens (including phenoxy) is 1. The molecule has 0 radical (unpaired) electrons. The van der Waals surface area contributed by atoms with Gasteiger partial charge >= 0.3 is 0 Å². The second-order valence-corrected chi connectivity index (χ2v) is 1.84. The van der Waals surface area contributed by atoms with Crippen LogP contribution in [-0.4, -0.2) is 12.1 Å². The molecule has 0 aliphatic heterocycles. The van der Waals surface area contributed by atoms with Crippen LogP contribution in [0, 0.1) is 11.6 Å². The molecular weight excluding hydrogens is 154 g/mol. The summed E-state index contributed by atoms with van der Waals surface area (Å²) in [5.41, 5.74) is 5.03. The van der Waals surface area contributed by atoms with Crippen molar-refractivity contribution in [1.29, 1.82) is 0 Å². The topological polar surface area (TPSA) is 48.1 Å². The van der Waals surface area contributed by atoms with Crippen molar-refractivity contribution in [2.24, 2.45) is 0 Å². The van der Waals surface area contributed by atoms with Crippen LogP contribution in [0.15, 0.2) is 6.20 Å². The molecule has 0 saturated carbocycles. The minimum absolute atomic E-state index is 0.372. The van der Waals surface area contributed by atoms with E-state index in [4.69, 9.17) is 5.73 Å². The third-order valence-corrected chi connectivity index (χ3v) is 1.16. The van der Waals surface area contributed by atoms with E-state index >= 15 is 0 Å². The summed E-state index contributed by atoms with van der Waals surface area (Å²) in [5.74, 6) is -2.70.